The summed E-state index contributed by atoms with van der Waals surface area (Å²) in [6.45, 7) is 7.50. The summed E-state index contributed by atoms with van der Waals surface area (Å²) in [5, 5.41) is 3.43. The highest BCUT2D eigenvalue weighted by molar-refractivity contribution is 5.86. The fourth-order valence-corrected chi connectivity index (χ4v) is 2.36. The molecule has 0 aromatic heterocycles. The largest absolute Gasteiger partial charge is 0.317 e. The maximum atomic E-state index is 3.43. The molecule has 2 saturated heterocycles. The Kier molecular flexibility index (Phi) is 11.6. The van der Waals surface area contributed by atoms with E-state index in [1.165, 1.54) is 52.1 Å². The van der Waals surface area contributed by atoms with Crippen LogP contribution in [0.4, 0.5) is 0 Å². The molecule has 0 radical (unpaired) electrons. The van der Waals surface area contributed by atoms with Crippen LogP contribution in [0.3, 0.4) is 0 Å². The zero-order valence-electron chi connectivity index (χ0n) is 9.85. The second-order valence-corrected chi connectivity index (χ2v) is 4.32. The van der Waals surface area contributed by atoms with Gasteiger partial charge in [0, 0.05) is 32.2 Å². The number of halogens is 3. The average Bonchev–Trinajstić information content (AvgIpc) is 2.20. The van der Waals surface area contributed by atoms with Gasteiger partial charge in [-0.2, -0.15) is 0 Å². The minimum Gasteiger partial charge on any atom is -0.317 e. The molecule has 2 aliphatic rings. The highest BCUT2D eigenvalue weighted by Gasteiger charge is 2.23. The van der Waals surface area contributed by atoms with Gasteiger partial charge in [-0.15, -0.1) is 37.2 Å². The predicted octanol–water partition coefficient (Wildman–Crippen LogP) is 1.25. The Labute approximate surface area is 118 Å². The topological polar surface area (TPSA) is 18.5 Å². The molecule has 1 N–H and O–H groups in total. The van der Waals surface area contributed by atoms with Gasteiger partial charge in [-0.3, -0.25) is 4.90 Å². The molecule has 0 aromatic carbocycles. The summed E-state index contributed by atoms with van der Waals surface area (Å²) in [5.74, 6) is 0. The summed E-state index contributed by atoms with van der Waals surface area (Å²) in [6.07, 6.45) is 2.70. The first-order valence-electron chi connectivity index (χ1n) is 5.49. The Morgan fingerprint density at radius 1 is 0.875 bits per heavy atom. The predicted molar refractivity (Wildman–Crippen MR) is 76.7 cm³/mol. The molecule has 0 amide bonds. The number of piperazine rings is 1. The summed E-state index contributed by atoms with van der Waals surface area (Å²) in [4.78, 5) is 5.11. The number of nitrogens with one attached hydrogen (secondary N) is 1. The Bertz CT molecular complexity index is 157. The molecular weight excluding hydrogens is 268 g/mol. The molecule has 100 valence electrons. The minimum absolute atomic E-state index is 0. The molecule has 0 atom stereocenters. The Hall–Kier alpha value is 0.750. The van der Waals surface area contributed by atoms with Crippen molar-refractivity contribution in [3.8, 4) is 0 Å². The van der Waals surface area contributed by atoms with Crippen LogP contribution < -0.4 is 5.32 Å². The van der Waals surface area contributed by atoms with E-state index in [1.807, 2.05) is 0 Å². The van der Waals surface area contributed by atoms with Gasteiger partial charge in [0.1, 0.15) is 0 Å². The Balaban J connectivity index is 0. The highest BCUT2D eigenvalue weighted by Crippen LogP contribution is 2.13. The maximum absolute atomic E-state index is 3.43. The van der Waals surface area contributed by atoms with Crippen molar-refractivity contribution in [2.24, 2.45) is 0 Å². The van der Waals surface area contributed by atoms with Gasteiger partial charge in [-0.25, -0.2) is 0 Å². The normalized spacial score (nSPS) is 23.8. The lowest BCUT2D eigenvalue weighted by Gasteiger charge is -2.39. The molecule has 6 heteroatoms. The van der Waals surface area contributed by atoms with Crippen LogP contribution in [0.25, 0.3) is 0 Å². The summed E-state index contributed by atoms with van der Waals surface area (Å²) < 4.78 is 0. The molecule has 0 unspecified atom stereocenters. The number of likely N-dealkylation sites (N-methyl/N-ethyl adjacent to an activating group) is 1. The van der Waals surface area contributed by atoms with E-state index in [0.29, 0.717) is 0 Å². The number of piperidine rings is 1. The van der Waals surface area contributed by atoms with Crippen molar-refractivity contribution < 1.29 is 0 Å². The molecule has 16 heavy (non-hydrogen) atoms. The first-order valence-corrected chi connectivity index (χ1v) is 5.49. The summed E-state index contributed by atoms with van der Waals surface area (Å²) >= 11 is 0. The Morgan fingerprint density at radius 2 is 1.38 bits per heavy atom. The molecule has 0 saturated carbocycles. The van der Waals surface area contributed by atoms with E-state index in [0.717, 1.165) is 6.04 Å². The smallest absolute Gasteiger partial charge is 0.0120 e. The molecule has 2 rings (SSSR count). The molecule has 0 bridgehead atoms. The fourth-order valence-electron chi connectivity index (χ4n) is 2.36. The van der Waals surface area contributed by atoms with Crippen molar-refractivity contribution in [1.29, 1.82) is 0 Å². The quantitative estimate of drug-likeness (QED) is 0.785. The standard InChI is InChI=1S/C10H21N3.3ClH/c1-12-6-8-13(9-7-12)10-2-4-11-5-3-10;;;/h10-11H,2-9H2,1H3;3*1H. The van der Waals surface area contributed by atoms with Crippen molar-refractivity contribution in [3.63, 3.8) is 0 Å². The van der Waals surface area contributed by atoms with Gasteiger partial charge >= 0.3 is 0 Å². The van der Waals surface area contributed by atoms with E-state index < -0.39 is 0 Å². The van der Waals surface area contributed by atoms with Crippen LogP contribution in [-0.4, -0.2) is 62.2 Å². The van der Waals surface area contributed by atoms with E-state index in [9.17, 15) is 0 Å². The molecule has 3 nitrogen and oxygen atoms in total. The van der Waals surface area contributed by atoms with Crippen molar-refractivity contribution in [2.45, 2.75) is 18.9 Å². The molecular formula is C10H24Cl3N3. The Morgan fingerprint density at radius 3 is 1.88 bits per heavy atom. The van der Waals surface area contributed by atoms with Gasteiger partial charge in [0.05, 0.1) is 0 Å². The monoisotopic (exact) mass is 291 g/mol. The first-order chi connectivity index (χ1) is 6.36. The third-order valence-electron chi connectivity index (χ3n) is 3.36. The van der Waals surface area contributed by atoms with Gasteiger partial charge in [-0.1, -0.05) is 0 Å². The zero-order valence-corrected chi connectivity index (χ0v) is 12.3. The molecule has 2 heterocycles. The van der Waals surface area contributed by atoms with Crippen LogP contribution in [0.2, 0.25) is 0 Å². The van der Waals surface area contributed by atoms with Crippen LogP contribution >= 0.6 is 37.2 Å². The lowest BCUT2D eigenvalue weighted by molar-refractivity contribution is 0.0948. The van der Waals surface area contributed by atoms with Crippen LogP contribution in [0.5, 0.6) is 0 Å². The third-order valence-corrected chi connectivity index (χ3v) is 3.36. The minimum atomic E-state index is 0. The maximum Gasteiger partial charge on any atom is 0.0120 e. The number of nitrogens with zero attached hydrogens (tertiary/aromatic N) is 2. The molecule has 0 aliphatic carbocycles. The second kappa shape index (κ2) is 9.75. The van der Waals surface area contributed by atoms with Gasteiger partial charge in [-0.05, 0) is 33.0 Å². The van der Waals surface area contributed by atoms with Gasteiger partial charge in [0.2, 0.25) is 0 Å². The number of hydrogen-bond donors (Lipinski definition) is 1. The average molecular weight is 293 g/mol. The summed E-state index contributed by atoms with van der Waals surface area (Å²) in [5.41, 5.74) is 0. The van der Waals surface area contributed by atoms with Crippen LogP contribution in [0.15, 0.2) is 0 Å². The molecule has 0 spiro atoms. The zero-order chi connectivity index (χ0) is 9.10. The second-order valence-electron chi connectivity index (χ2n) is 4.32. The summed E-state index contributed by atoms with van der Waals surface area (Å²) in [6, 6.07) is 0.870. The van der Waals surface area contributed by atoms with Crippen LogP contribution in [0.1, 0.15) is 12.8 Å². The molecule has 2 aliphatic heterocycles. The van der Waals surface area contributed by atoms with Crippen molar-refractivity contribution in [2.75, 3.05) is 46.3 Å². The van der Waals surface area contributed by atoms with E-state index >= 15 is 0 Å². The van der Waals surface area contributed by atoms with Crippen LogP contribution in [-0.2, 0) is 0 Å². The first kappa shape index (κ1) is 19.1. The van der Waals surface area contributed by atoms with Gasteiger partial charge < -0.3 is 10.2 Å². The molecule has 0 aromatic rings. The van der Waals surface area contributed by atoms with E-state index in [1.54, 1.807) is 0 Å². The van der Waals surface area contributed by atoms with Crippen molar-refractivity contribution in [1.82, 2.24) is 15.1 Å². The van der Waals surface area contributed by atoms with E-state index in [2.05, 4.69) is 22.2 Å². The number of hydrogen-bond acceptors (Lipinski definition) is 3. The van der Waals surface area contributed by atoms with Gasteiger partial charge in [0.25, 0.3) is 0 Å². The summed E-state index contributed by atoms with van der Waals surface area (Å²) in [7, 11) is 2.22. The van der Waals surface area contributed by atoms with Crippen molar-refractivity contribution >= 4 is 37.2 Å². The lowest BCUT2D eigenvalue weighted by Crippen LogP contribution is -2.51. The lowest BCUT2D eigenvalue weighted by atomic mass is 10.0. The van der Waals surface area contributed by atoms with E-state index in [-0.39, 0.29) is 37.2 Å². The molecule has 2 fully saturated rings. The highest BCUT2D eigenvalue weighted by atomic mass is 35.5. The van der Waals surface area contributed by atoms with E-state index in [4.69, 9.17) is 0 Å². The van der Waals surface area contributed by atoms with Crippen LogP contribution in [0, 0.1) is 0 Å². The van der Waals surface area contributed by atoms with Crippen molar-refractivity contribution in [3.05, 3.63) is 0 Å². The van der Waals surface area contributed by atoms with Gasteiger partial charge in [0.15, 0.2) is 0 Å². The fraction of sp³-hybridized carbons (Fsp3) is 1.00. The SMILES string of the molecule is CN1CCN(C2CCNCC2)CC1.Cl.Cl.Cl. The third kappa shape index (κ3) is 5.39. The number of rotatable bonds is 1.